The summed E-state index contributed by atoms with van der Waals surface area (Å²) >= 11 is 1.34. The van der Waals surface area contributed by atoms with Gasteiger partial charge in [-0.05, 0) is 25.5 Å². The van der Waals surface area contributed by atoms with E-state index in [0.29, 0.717) is 10.7 Å². The second-order valence-corrected chi connectivity index (χ2v) is 6.50. The molecule has 0 unspecified atom stereocenters. The van der Waals surface area contributed by atoms with Gasteiger partial charge in [0.25, 0.3) is 5.91 Å². The summed E-state index contributed by atoms with van der Waals surface area (Å²) in [5.74, 6) is 1.50. The molecule has 3 heterocycles. The van der Waals surface area contributed by atoms with E-state index in [1.54, 1.807) is 12.3 Å². The molecule has 0 radical (unpaired) electrons. The summed E-state index contributed by atoms with van der Waals surface area (Å²) in [5, 5.41) is 11.2. The number of nitrogens with zero attached hydrogens (tertiary/aromatic N) is 4. The van der Waals surface area contributed by atoms with Crippen molar-refractivity contribution in [3.8, 4) is 0 Å². The first-order chi connectivity index (χ1) is 10.5. The van der Waals surface area contributed by atoms with Crippen LogP contribution in [0, 0.1) is 13.8 Å². The van der Waals surface area contributed by atoms with Gasteiger partial charge in [0.2, 0.25) is 4.96 Å². The lowest BCUT2D eigenvalue weighted by Crippen LogP contribution is -2.13. The molecule has 6 nitrogen and oxygen atoms in total. The van der Waals surface area contributed by atoms with Gasteiger partial charge in [-0.1, -0.05) is 31.3 Å². The predicted molar refractivity (Wildman–Crippen MR) is 86.6 cm³/mol. The number of anilines is 1. The minimum absolute atomic E-state index is 0.168. The zero-order valence-electron chi connectivity index (χ0n) is 12.9. The Labute approximate surface area is 132 Å². The van der Waals surface area contributed by atoms with Crippen LogP contribution in [0.25, 0.3) is 4.96 Å². The first-order valence-corrected chi connectivity index (χ1v) is 7.87. The Morgan fingerprint density at radius 1 is 1.27 bits per heavy atom. The van der Waals surface area contributed by atoms with Crippen molar-refractivity contribution in [3.05, 3.63) is 40.3 Å². The van der Waals surface area contributed by atoms with E-state index in [2.05, 4.69) is 34.3 Å². The van der Waals surface area contributed by atoms with Crippen LogP contribution >= 0.6 is 11.3 Å². The molecule has 7 heteroatoms. The Morgan fingerprint density at radius 3 is 2.68 bits per heavy atom. The van der Waals surface area contributed by atoms with Gasteiger partial charge in [0.15, 0.2) is 0 Å². The molecular weight excluding hydrogens is 298 g/mol. The zero-order valence-corrected chi connectivity index (χ0v) is 13.7. The lowest BCUT2D eigenvalue weighted by Gasteiger charge is -2.05. The van der Waals surface area contributed by atoms with Gasteiger partial charge in [-0.25, -0.2) is 4.98 Å². The Morgan fingerprint density at radius 2 is 2.05 bits per heavy atom. The standard InChI is InChI=1S/C15H17N5OS/c1-8(2)13-18-19-15-20(13)10(4)12(22-15)14(21)17-11-6-5-9(3)7-16-11/h5-8H,1-4H3,(H,16,17,21). The highest BCUT2D eigenvalue weighted by Crippen LogP contribution is 2.26. The summed E-state index contributed by atoms with van der Waals surface area (Å²) in [7, 11) is 0. The van der Waals surface area contributed by atoms with E-state index in [9.17, 15) is 4.79 Å². The summed E-state index contributed by atoms with van der Waals surface area (Å²) < 4.78 is 1.95. The van der Waals surface area contributed by atoms with E-state index >= 15 is 0 Å². The Kier molecular flexibility index (Phi) is 3.66. The Hall–Kier alpha value is -2.28. The molecule has 1 amide bonds. The molecule has 0 spiro atoms. The number of nitrogens with one attached hydrogen (secondary N) is 1. The average Bonchev–Trinajstić information content (AvgIpc) is 3.02. The molecule has 0 aliphatic carbocycles. The highest BCUT2D eigenvalue weighted by Gasteiger charge is 2.21. The minimum Gasteiger partial charge on any atom is -0.306 e. The van der Waals surface area contributed by atoms with Crippen LogP contribution in [0.1, 0.15) is 46.5 Å². The van der Waals surface area contributed by atoms with Crippen molar-refractivity contribution in [2.75, 3.05) is 5.32 Å². The summed E-state index contributed by atoms with van der Waals surface area (Å²) in [6, 6.07) is 3.71. The molecule has 0 aliphatic heterocycles. The number of rotatable bonds is 3. The number of pyridine rings is 1. The number of carbonyl (C=O) groups is 1. The van der Waals surface area contributed by atoms with Crippen LogP contribution in [0.2, 0.25) is 0 Å². The normalized spacial score (nSPS) is 11.3. The van der Waals surface area contributed by atoms with Crippen LogP contribution in [0.4, 0.5) is 5.82 Å². The maximum Gasteiger partial charge on any atom is 0.268 e. The van der Waals surface area contributed by atoms with Crippen LogP contribution in [-0.2, 0) is 0 Å². The summed E-state index contributed by atoms with van der Waals surface area (Å²) in [5.41, 5.74) is 1.91. The molecule has 0 atom stereocenters. The van der Waals surface area contributed by atoms with E-state index in [0.717, 1.165) is 22.0 Å². The van der Waals surface area contributed by atoms with E-state index < -0.39 is 0 Å². The molecule has 0 aliphatic rings. The fourth-order valence-electron chi connectivity index (χ4n) is 2.23. The van der Waals surface area contributed by atoms with Crippen molar-refractivity contribution in [3.63, 3.8) is 0 Å². The van der Waals surface area contributed by atoms with Gasteiger partial charge in [-0.3, -0.25) is 9.20 Å². The Balaban J connectivity index is 1.94. The smallest absolute Gasteiger partial charge is 0.268 e. The predicted octanol–water partition coefficient (Wildman–Crippen LogP) is 3.18. The van der Waals surface area contributed by atoms with Gasteiger partial charge in [0.1, 0.15) is 16.5 Å². The lowest BCUT2D eigenvalue weighted by molar-refractivity contribution is 0.102. The molecule has 0 bridgehead atoms. The molecule has 0 aromatic carbocycles. The van der Waals surface area contributed by atoms with Gasteiger partial charge >= 0.3 is 0 Å². The van der Waals surface area contributed by atoms with Gasteiger partial charge < -0.3 is 5.32 Å². The maximum absolute atomic E-state index is 12.5. The minimum atomic E-state index is -0.168. The fourth-order valence-corrected chi connectivity index (χ4v) is 3.20. The molecule has 3 rings (SSSR count). The van der Waals surface area contributed by atoms with E-state index in [-0.39, 0.29) is 11.8 Å². The van der Waals surface area contributed by atoms with Crippen molar-refractivity contribution in [1.29, 1.82) is 0 Å². The van der Waals surface area contributed by atoms with Crippen molar-refractivity contribution >= 4 is 28.0 Å². The summed E-state index contributed by atoms with van der Waals surface area (Å²) in [6.45, 7) is 7.99. The van der Waals surface area contributed by atoms with Gasteiger partial charge in [0.05, 0.1) is 0 Å². The molecule has 22 heavy (non-hydrogen) atoms. The largest absolute Gasteiger partial charge is 0.306 e. The molecule has 0 saturated heterocycles. The second-order valence-electron chi connectivity index (χ2n) is 5.52. The van der Waals surface area contributed by atoms with Crippen LogP contribution in [0.15, 0.2) is 18.3 Å². The monoisotopic (exact) mass is 315 g/mol. The highest BCUT2D eigenvalue weighted by molar-refractivity contribution is 7.19. The molecule has 114 valence electrons. The van der Waals surface area contributed by atoms with E-state index in [1.165, 1.54) is 11.3 Å². The topological polar surface area (TPSA) is 72.2 Å². The number of amides is 1. The number of carbonyl (C=O) groups excluding carboxylic acids is 1. The summed E-state index contributed by atoms with van der Waals surface area (Å²) in [6.07, 6.45) is 1.73. The molecule has 0 saturated carbocycles. The van der Waals surface area contributed by atoms with Crippen LogP contribution < -0.4 is 5.32 Å². The molecule has 1 N–H and O–H groups in total. The molecule has 3 aromatic heterocycles. The number of thiazole rings is 1. The maximum atomic E-state index is 12.5. The quantitative estimate of drug-likeness (QED) is 0.805. The third kappa shape index (κ3) is 2.48. The van der Waals surface area contributed by atoms with Gasteiger partial charge in [-0.2, -0.15) is 0 Å². The van der Waals surface area contributed by atoms with Crippen molar-refractivity contribution in [1.82, 2.24) is 19.6 Å². The van der Waals surface area contributed by atoms with E-state index in [1.807, 2.05) is 24.3 Å². The first kappa shape index (κ1) is 14.6. The lowest BCUT2D eigenvalue weighted by atomic mass is 10.2. The third-order valence-electron chi connectivity index (χ3n) is 3.39. The third-order valence-corrected chi connectivity index (χ3v) is 4.52. The second kappa shape index (κ2) is 5.49. The van der Waals surface area contributed by atoms with Crippen LogP contribution in [0.5, 0.6) is 0 Å². The van der Waals surface area contributed by atoms with Crippen LogP contribution in [0.3, 0.4) is 0 Å². The number of aromatic nitrogens is 4. The number of hydrogen-bond donors (Lipinski definition) is 1. The van der Waals surface area contributed by atoms with E-state index in [4.69, 9.17) is 0 Å². The molecule has 3 aromatic rings. The molecule has 0 fully saturated rings. The molecular formula is C15H17N5OS. The fraction of sp³-hybridized carbons (Fsp3) is 0.333. The van der Waals surface area contributed by atoms with Crippen molar-refractivity contribution in [2.24, 2.45) is 0 Å². The average molecular weight is 315 g/mol. The van der Waals surface area contributed by atoms with Crippen LogP contribution in [-0.4, -0.2) is 25.5 Å². The summed E-state index contributed by atoms with van der Waals surface area (Å²) in [4.78, 5) is 18.0. The van der Waals surface area contributed by atoms with Crippen molar-refractivity contribution < 1.29 is 4.79 Å². The van der Waals surface area contributed by atoms with Gasteiger partial charge in [-0.15, -0.1) is 10.2 Å². The van der Waals surface area contributed by atoms with Gasteiger partial charge in [0, 0.05) is 17.8 Å². The zero-order chi connectivity index (χ0) is 15.9. The SMILES string of the molecule is Cc1ccc(NC(=O)c2sc3nnc(C(C)C)n3c2C)nc1. The van der Waals surface area contributed by atoms with Crippen molar-refractivity contribution in [2.45, 2.75) is 33.6 Å². The first-order valence-electron chi connectivity index (χ1n) is 7.05. The highest BCUT2D eigenvalue weighted by atomic mass is 32.1. The number of fused-ring (bicyclic) bond motifs is 1. The Bertz CT molecular complexity index is 832. The number of hydrogen-bond acceptors (Lipinski definition) is 5. The number of aryl methyl sites for hydroxylation is 2.